The number of rotatable bonds is 0. The summed E-state index contributed by atoms with van der Waals surface area (Å²) in [7, 11) is 0. The smallest absolute Gasteiger partial charge is 1.00 e. The van der Waals surface area contributed by atoms with Gasteiger partial charge in [-0.1, -0.05) is 0 Å². The topological polar surface area (TPSA) is 126 Å². The Kier molecular flexibility index (Phi) is 9580. The molecule has 0 rings (SSSR count). The standard InChI is InChI=1S/Au.ClH.4H2O/h;1H;4*1H2/q+1;;;;;/p-1. The largest absolute Gasteiger partial charge is 1.00 e. The van der Waals surface area contributed by atoms with Crippen LogP contribution in [0.1, 0.15) is 0 Å². The first kappa shape index (κ1) is 313. The van der Waals surface area contributed by atoms with E-state index in [4.69, 9.17) is 0 Å². The fraction of sp³-hybridized carbons (Fsp3) is 0. The molecule has 0 fully saturated rings. The van der Waals surface area contributed by atoms with Gasteiger partial charge in [0.15, 0.2) is 0 Å². The molecule has 6 heteroatoms. The Balaban J connectivity index is 0. The molecule has 0 unspecified atom stereocenters. The Labute approximate surface area is 57.1 Å². The van der Waals surface area contributed by atoms with Gasteiger partial charge in [-0.15, -0.1) is 0 Å². The van der Waals surface area contributed by atoms with Crippen molar-refractivity contribution in [1.82, 2.24) is 0 Å². The third kappa shape index (κ3) is 96.3. The summed E-state index contributed by atoms with van der Waals surface area (Å²) in [5.41, 5.74) is 0. The summed E-state index contributed by atoms with van der Waals surface area (Å²) in [5.74, 6) is 0. The fourth-order valence-corrected chi connectivity index (χ4v) is 0. The third-order valence-electron chi connectivity index (χ3n) is 0. The number of halogens is 1. The molecule has 0 aromatic rings. The molecule has 0 aromatic carbocycles. The second-order valence-electron chi connectivity index (χ2n) is 0. The van der Waals surface area contributed by atoms with Crippen LogP contribution in [0.15, 0.2) is 0 Å². The Hall–Kier alpha value is 0.870. The molecule has 0 aliphatic carbocycles. The van der Waals surface area contributed by atoms with Crippen molar-refractivity contribution in [2.24, 2.45) is 0 Å². The van der Waals surface area contributed by atoms with Crippen LogP contribution in [-0.2, 0) is 22.4 Å². The molecule has 0 saturated heterocycles. The average molecular weight is 304 g/mol. The van der Waals surface area contributed by atoms with E-state index >= 15 is 0 Å². The van der Waals surface area contributed by atoms with Gasteiger partial charge >= 0.3 is 22.4 Å². The van der Waals surface area contributed by atoms with Gasteiger partial charge in [0.05, 0.1) is 0 Å². The summed E-state index contributed by atoms with van der Waals surface area (Å²) in [6.07, 6.45) is 0. The van der Waals surface area contributed by atoms with E-state index in [1.807, 2.05) is 0 Å². The third-order valence-corrected chi connectivity index (χ3v) is 0. The monoisotopic (exact) mass is 304 g/mol. The van der Waals surface area contributed by atoms with E-state index in [1.165, 1.54) is 0 Å². The van der Waals surface area contributed by atoms with Crippen LogP contribution in [0.5, 0.6) is 0 Å². The predicted molar refractivity (Wildman–Crippen MR) is 14.5 cm³/mol. The summed E-state index contributed by atoms with van der Waals surface area (Å²) in [4.78, 5) is 0. The second-order valence-corrected chi connectivity index (χ2v) is 0. The van der Waals surface area contributed by atoms with Gasteiger partial charge in [-0.2, -0.15) is 0 Å². The van der Waals surface area contributed by atoms with Gasteiger partial charge in [-0.05, 0) is 0 Å². The van der Waals surface area contributed by atoms with Crippen LogP contribution in [0.2, 0.25) is 0 Å². The van der Waals surface area contributed by atoms with Crippen molar-refractivity contribution < 1.29 is 56.7 Å². The first-order valence-electron chi connectivity index (χ1n) is 0. The van der Waals surface area contributed by atoms with E-state index in [9.17, 15) is 0 Å². The van der Waals surface area contributed by atoms with Crippen molar-refractivity contribution >= 4 is 0 Å². The maximum Gasteiger partial charge on any atom is 1.00 e. The van der Waals surface area contributed by atoms with Crippen molar-refractivity contribution in [3.63, 3.8) is 0 Å². The molecule has 0 amide bonds. The summed E-state index contributed by atoms with van der Waals surface area (Å²) in [6, 6.07) is 0. The van der Waals surface area contributed by atoms with E-state index < -0.39 is 0 Å². The normalized spacial score (nSPS) is 0. The zero-order valence-corrected chi connectivity index (χ0v) is 5.60. The molecule has 0 atom stereocenters. The van der Waals surface area contributed by atoms with Gasteiger partial charge in [0.25, 0.3) is 0 Å². The first-order valence-corrected chi connectivity index (χ1v) is 0. The second kappa shape index (κ2) is 184. The molecule has 0 saturated carbocycles. The van der Waals surface area contributed by atoms with E-state index in [0.29, 0.717) is 0 Å². The summed E-state index contributed by atoms with van der Waals surface area (Å²) < 4.78 is 0. The summed E-state index contributed by atoms with van der Waals surface area (Å²) in [6.45, 7) is 0. The maximum atomic E-state index is 0. The Morgan fingerprint density at radius 2 is 0.500 bits per heavy atom. The van der Waals surface area contributed by atoms with Crippen LogP contribution in [0.3, 0.4) is 0 Å². The van der Waals surface area contributed by atoms with Gasteiger partial charge in [-0.3, -0.25) is 0 Å². The Morgan fingerprint density at radius 3 is 0.500 bits per heavy atom. The Morgan fingerprint density at radius 1 is 0.500 bits per heavy atom. The SMILES string of the molecule is O.O.O.O.[Au+].[Cl-]. The van der Waals surface area contributed by atoms with E-state index in [2.05, 4.69) is 0 Å². The molecule has 0 spiro atoms. The molecule has 8 N–H and O–H groups in total. The molecular formula is H8AuClO4. The van der Waals surface area contributed by atoms with Crippen LogP contribution < -0.4 is 12.4 Å². The molecule has 4 nitrogen and oxygen atoms in total. The minimum Gasteiger partial charge on any atom is -1.00 e. The zero-order chi connectivity index (χ0) is 0. The van der Waals surface area contributed by atoms with E-state index in [0.717, 1.165) is 0 Å². The van der Waals surface area contributed by atoms with Gasteiger partial charge in [0.1, 0.15) is 0 Å². The van der Waals surface area contributed by atoms with E-state index in [1.54, 1.807) is 0 Å². The molecule has 50 valence electrons. The van der Waals surface area contributed by atoms with Crippen LogP contribution in [-0.4, -0.2) is 21.9 Å². The van der Waals surface area contributed by atoms with Crippen molar-refractivity contribution in [3.05, 3.63) is 0 Å². The van der Waals surface area contributed by atoms with Crippen molar-refractivity contribution in [3.8, 4) is 0 Å². The van der Waals surface area contributed by atoms with Gasteiger partial charge < -0.3 is 34.3 Å². The number of hydrogen-bond acceptors (Lipinski definition) is 0. The molecule has 0 bridgehead atoms. The molecular weight excluding hydrogens is 296 g/mol. The summed E-state index contributed by atoms with van der Waals surface area (Å²) >= 11 is 0. The van der Waals surface area contributed by atoms with Crippen LogP contribution in [0, 0.1) is 0 Å². The van der Waals surface area contributed by atoms with Gasteiger partial charge in [0.2, 0.25) is 0 Å². The molecule has 0 aliphatic rings. The minimum absolute atomic E-state index is 0. The van der Waals surface area contributed by atoms with Gasteiger partial charge in [0, 0.05) is 0 Å². The predicted octanol–water partition coefficient (Wildman–Crippen LogP) is -6.30. The summed E-state index contributed by atoms with van der Waals surface area (Å²) in [5, 5.41) is 0. The quantitative estimate of drug-likeness (QED) is 0.395. The number of hydrogen-bond donors (Lipinski definition) is 0. The van der Waals surface area contributed by atoms with E-state index in [-0.39, 0.29) is 56.7 Å². The van der Waals surface area contributed by atoms with Crippen LogP contribution in [0.4, 0.5) is 0 Å². The molecule has 6 heavy (non-hydrogen) atoms. The Bertz CT molecular complexity index is 7.51. The average Bonchev–Trinajstić information content (AvgIpc) is 0. The molecule has 0 aromatic heterocycles. The van der Waals surface area contributed by atoms with Crippen LogP contribution in [0.25, 0.3) is 0 Å². The zero-order valence-electron chi connectivity index (χ0n) is 2.68. The molecule has 0 radical (unpaired) electrons. The first-order chi connectivity index (χ1) is 0. The van der Waals surface area contributed by atoms with Crippen molar-refractivity contribution in [2.75, 3.05) is 0 Å². The van der Waals surface area contributed by atoms with Crippen LogP contribution >= 0.6 is 0 Å². The van der Waals surface area contributed by atoms with Crippen molar-refractivity contribution in [2.45, 2.75) is 0 Å². The molecule has 0 heterocycles. The fourth-order valence-electron chi connectivity index (χ4n) is 0. The minimum atomic E-state index is 0. The molecule has 0 aliphatic heterocycles. The van der Waals surface area contributed by atoms with Crippen molar-refractivity contribution in [1.29, 1.82) is 0 Å². The maximum absolute atomic E-state index is 0. The van der Waals surface area contributed by atoms with Gasteiger partial charge in [-0.25, -0.2) is 0 Å².